The van der Waals surface area contributed by atoms with Gasteiger partial charge in [-0.05, 0) is 30.2 Å². The number of carbonyl (C=O) groups is 1. The van der Waals surface area contributed by atoms with E-state index in [9.17, 15) is 4.79 Å². The van der Waals surface area contributed by atoms with Crippen LogP contribution in [0.1, 0.15) is 24.5 Å². The molecule has 0 saturated carbocycles. The zero-order valence-corrected chi connectivity index (χ0v) is 10.8. The predicted molar refractivity (Wildman–Crippen MR) is 66.4 cm³/mol. The molecule has 0 bridgehead atoms. The average molecular weight is 237 g/mol. The lowest BCUT2D eigenvalue weighted by Gasteiger charge is -2.13. The zero-order chi connectivity index (χ0) is 12.8. The number of amides is 1. The summed E-state index contributed by atoms with van der Waals surface area (Å²) in [7, 11) is 3.21. The van der Waals surface area contributed by atoms with Gasteiger partial charge >= 0.3 is 0 Å². The monoisotopic (exact) mass is 237 g/mol. The van der Waals surface area contributed by atoms with Crippen LogP contribution in [0.4, 0.5) is 0 Å². The van der Waals surface area contributed by atoms with E-state index in [0.717, 1.165) is 11.1 Å². The molecule has 0 heterocycles. The Bertz CT molecular complexity index is 402. The van der Waals surface area contributed by atoms with Crippen molar-refractivity contribution in [2.75, 3.05) is 14.2 Å². The van der Waals surface area contributed by atoms with Crippen LogP contribution in [0.2, 0.25) is 0 Å². The molecule has 4 nitrogen and oxygen atoms in total. The lowest BCUT2D eigenvalue weighted by atomic mass is 10.1. The third kappa shape index (κ3) is 3.37. The van der Waals surface area contributed by atoms with Gasteiger partial charge in [0.05, 0.1) is 14.2 Å². The number of hydrogen-bond acceptors (Lipinski definition) is 3. The molecule has 0 aliphatic heterocycles. The minimum absolute atomic E-state index is 0.0409. The molecule has 0 atom stereocenters. The molecule has 0 spiro atoms. The molecule has 17 heavy (non-hydrogen) atoms. The van der Waals surface area contributed by atoms with Crippen LogP contribution in [-0.4, -0.2) is 20.1 Å². The molecule has 94 valence electrons. The Morgan fingerprint density at radius 3 is 2.35 bits per heavy atom. The lowest BCUT2D eigenvalue weighted by Crippen LogP contribution is -2.21. The van der Waals surface area contributed by atoms with Crippen LogP contribution in [0.3, 0.4) is 0 Å². The van der Waals surface area contributed by atoms with E-state index >= 15 is 0 Å². The third-order valence-corrected chi connectivity index (χ3v) is 2.64. The topological polar surface area (TPSA) is 47.6 Å². The van der Waals surface area contributed by atoms with E-state index in [-0.39, 0.29) is 5.91 Å². The van der Waals surface area contributed by atoms with Crippen LogP contribution in [0.5, 0.6) is 11.5 Å². The summed E-state index contributed by atoms with van der Waals surface area (Å²) >= 11 is 0. The van der Waals surface area contributed by atoms with E-state index < -0.39 is 0 Å². The molecule has 0 aromatic heterocycles. The van der Waals surface area contributed by atoms with Crippen molar-refractivity contribution in [3.63, 3.8) is 0 Å². The Balaban J connectivity index is 2.89. The SMILES string of the molecule is CCC(=O)NCc1cc(OC)c(OC)cc1C. The van der Waals surface area contributed by atoms with Crippen molar-refractivity contribution in [1.82, 2.24) is 5.32 Å². The summed E-state index contributed by atoms with van der Waals surface area (Å²) in [4.78, 5) is 11.2. The Kier molecular flexibility index (Phi) is 4.82. The molecule has 0 unspecified atom stereocenters. The summed E-state index contributed by atoms with van der Waals surface area (Å²) in [5, 5.41) is 2.84. The molecule has 1 aromatic rings. The van der Waals surface area contributed by atoms with E-state index in [1.165, 1.54) is 0 Å². The number of hydrogen-bond donors (Lipinski definition) is 1. The Hall–Kier alpha value is -1.71. The Labute approximate surface area is 102 Å². The standard InChI is InChI=1S/C13H19NO3/c1-5-13(15)14-8-10-7-12(17-4)11(16-3)6-9(10)2/h6-7H,5,8H2,1-4H3,(H,14,15). The van der Waals surface area contributed by atoms with Gasteiger partial charge < -0.3 is 14.8 Å². The molecule has 0 aliphatic carbocycles. The quantitative estimate of drug-likeness (QED) is 0.852. The summed E-state index contributed by atoms with van der Waals surface area (Å²) < 4.78 is 10.4. The van der Waals surface area contributed by atoms with E-state index in [1.807, 2.05) is 26.0 Å². The average Bonchev–Trinajstić information content (AvgIpc) is 2.36. The second kappa shape index (κ2) is 6.13. The first-order valence-electron chi connectivity index (χ1n) is 5.60. The maximum atomic E-state index is 11.2. The van der Waals surface area contributed by atoms with Gasteiger partial charge in [0.15, 0.2) is 11.5 Å². The van der Waals surface area contributed by atoms with Crippen molar-refractivity contribution in [2.45, 2.75) is 26.8 Å². The van der Waals surface area contributed by atoms with Gasteiger partial charge in [-0.25, -0.2) is 0 Å². The van der Waals surface area contributed by atoms with Crippen LogP contribution in [0, 0.1) is 6.92 Å². The first-order chi connectivity index (χ1) is 8.12. The van der Waals surface area contributed by atoms with Gasteiger partial charge in [-0.3, -0.25) is 4.79 Å². The second-order valence-corrected chi connectivity index (χ2v) is 3.76. The number of aryl methyl sites for hydroxylation is 1. The van der Waals surface area contributed by atoms with E-state index in [4.69, 9.17) is 9.47 Å². The van der Waals surface area contributed by atoms with Gasteiger partial charge in [0.25, 0.3) is 0 Å². The van der Waals surface area contributed by atoms with E-state index in [1.54, 1.807) is 14.2 Å². The highest BCUT2D eigenvalue weighted by molar-refractivity contribution is 5.75. The maximum Gasteiger partial charge on any atom is 0.219 e. The minimum atomic E-state index is 0.0409. The largest absolute Gasteiger partial charge is 0.493 e. The van der Waals surface area contributed by atoms with Gasteiger partial charge in [0.1, 0.15) is 0 Å². The molecular weight excluding hydrogens is 218 g/mol. The minimum Gasteiger partial charge on any atom is -0.493 e. The van der Waals surface area contributed by atoms with Crippen molar-refractivity contribution in [3.8, 4) is 11.5 Å². The van der Waals surface area contributed by atoms with Gasteiger partial charge in [0.2, 0.25) is 5.91 Å². The van der Waals surface area contributed by atoms with Gasteiger partial charge in [-0.1, -0.05) is 6.92 Å². The highest BCUT2D eigenvalue weighted by atomic mass is 16.5. The molecule has 1 aromatic carbocycles. The number of ether oxygens (including phenoxy) is 2. The zero-order valence-electron chi connectivity index (χ0n) is 10.8. The Morgan fingerprint density at radius 2 is 1.82 bits per heavy atom. The summed E-state index contributed by atoms with van der Waals surface area (Å²) in [6, 6.07) is 3.80. The van der Waals surface area contributed by atoms with E-state index in [2.05, 4.69) is 5.32 Å². The first kappa shape index (κ1) is 13.4. The molecule has 1 rings (SSSR count). The number of methoxy groups -OCH3 is 2. The molecule has 1 N–H and O–H groups in total. The lowest BCUT2D eigenvalue weighted by molar-refractivity contribution is -0.120. The fraction of sp³-hybridized carbons (Fsp3) is 0.462. The summed E-state index contributed by atoms with van der Waals surface area (Å²) in [5.41, 5.74) is 2.10. The number of carbonyl (C=O) groups excluding carboxylic acids is 1. The molecule has 0 fully saturated rings. The highest BCUT2D eigenvalue weighted by Crippen LogP contribution is 2.30. The third-order valence-electron chi connectivity index (χ3n) is 2.64. The van der Waals surface area contributed by atoms with Crippen LogP contribution in [0.15, 0.2) is 12.1 Å². The normalized spacial score (nSPS) is 9.88. The van der Waals surface area contributed by atoms with Crippen LogP contribution >= 0.6 is 0 Å². The highest BCUT2D eigenvalue weighted by Gasteiger charge is 2.08. The predicted octanol–water partition coefficient (Wildman–Crippen LogP) is 2.04. The van der Waals surface area contributed by atoms with Crippen molar-refractivity contribution in [1.29, 1.82) is 0 Å². The van der Waals surface area contributed by atoms with Crippen LogP contribution < -0.4 is 14.8 Å². The number of benzene rings is 1. The smallest absolute Gasteiger partial charge is 0.219 e. The van der Waals surface area contributed by atoms with Crippen molar-refractivity contribution in [3.05, 3.63) is 23.3 Å². The van der Waals surface area contributed by atoms with Crippen LogP contribution in [0.25, 0.3) is 0 Å². The number of rotatable bonds is 5. The number of nitrogens with one attached hydrogen (secondary N) is 1. The molecule has 4 heteroatoms. The fourth-order valence-electron chi connectivity index (χ4n) is 1.53. The second-order valence-electron chi connectivity index (χ2n) is 3.76. The molecule has 0 radical (unpaired) electrons. The van der Waals surface area contributed by atoms with E-state index in [0.29, 0.717) is 24.5 Å². The molecule has 0 saturated heterocycles. The summed E-state index contributed by atoms with van der Waals surface area (Å²) in [6.07, 6.45) is 0.492. The maximum absolute atomic E-state index is 11.2. The van der Waals surface area contributed by atoms with Crippen molar-refractivity contribution < 1.29 is 14.3 Å². The first-order valence-corrected chi connectivity index (χ1v) is 5.60. The van der Waals surface area contributed by atoms with Crippen LogP contribution in [-0.2, 0) is 11.3 Å². The fourth-order valence-corrected chi connectivity index (χ4v) is 1.53. The van der Waals surface area contributed by atoms with Crippen molar-refractivity contribution >= 4 is 5.91 Å². The summed E-state index contributed by atoms with van der Waals surface area (Å²) in [5.74, 6) is 1.42. The molecule has 1 amide bonds. The van der Waals surface area contributed by atoms with Gasteiger partial charge in [0, 0.05) is 13.0 Å². The van der Waals surface area contributed by atoms with Gasteiger partial charge in [-0.15, -0.1) is 0 Å². The molecule has 0 aliphatic rings. The molecular formula is C13H19NO3. The summed E-state index contributed by atoms with van der Waals surface area (Å²) in [6.45, 7) is 4.32. The Morgan fingerprint density at radius 1 is 1.24 bits per heavy atom. The van der Waals surface area contributed by atoms with Gasteiger partial charge in [-0.2, -0.15) is 0 Å². The van der Waals surface area contributed by atoms with Crippen molar-refractivity contribution in [2.24, 2.45) is 0 Å².